The molecule has 8 heteroatoms. The smallest absolute Gasteiger partial charge is 0.410 e. The maximum atomic E-state index is 12.4. The Bertz CT molecular complexity index is 1440. The fourth-order valence-electron chi connectivity index (χ4n) is 5.17. The third kappa shape index (κ3) is 6.07. The van der Waals surface area contributed by atoms with Gasteiger partial charge in [0.2, 0.25) is 5.91 Å². The van der Waals surface area contributed by atoms with Crippen LogP contribution >= 0.6 is 0 Å². The van der Waals surface area contributed by atoms with Crippen molar-refractivity contribution in [1.82, 2.24) is 20.6 Å². The highest BCUT2D eigenvalue weighted by molar-refractivity contribution is 5.93. The van der Waals surface area contributed by atoms with Crippen molar-refractivity contribution in [1.29, 1.82) is 0 Å². The van der Waals surface area contributed by atoms with Gasteiger partial charge in [0.1, 0.15) is 5.75 Å². The van der Waals surface area contributed by atoms with Gasteiger partial charge in [-0.25, -0.2) is 4.79 Å². The lowest BCUT2D eigenvalue weighted by molar-refractivity contribution is -0.118. The Morgan fingerprint density at radius 2 is 1.82 bits per heavy atom. The van der Waals surface area contributed by atoms with E-state index < -0.39 is 6.09 Å². The van der Waals surface area contributed by atoms with E-state index in [4.69, 9.17) is 9.72 Å². The fraction of sp³-hybridized carbons (Fsp3) is 0.367. The molecule has 0 unspecified atom stereocenters. The monoisotopic (exact) mass is 513 g/mol. The van der Waals surface area contributed by atoms with E-state index in [0.29, 0.717) is 25.3 Å². The summed E-state index contributed by atoms with van der Waals surface area (Å²) in [5.74, 6) is 0.442. The molecule has 0 fully saturated rings. The first-order valence-corrected chi connectivity index (χ1v) is 13.5. The molecule has 8 nitrogen and oxygen atoms in total. The number of hydrogen-bond donors (Lipinski definition) is 4. The first-order chi connectivity index (χ1) is 18.6. The van der Waals surface area contributed by atoms with Crippen LogP contribution in [0.15, 0.2) is 48.7 Å². The molecule has 1 aliphatic carbocycles. The molecule has 2 aromatic carbocycles. The quantitative estimate of drug-likeness (QED) is 0.217. The van der Waals surface area contributed by atoms with Crippen LogP contribution in [0.5, 0.6) is 5.75 Å². The molecular formula is C30H35N5O3. The molecule has 0 bridgehead atoms. The Hall–Kier alpha value is -4.07. The zero-order chi connectivity index (χ0) is 26.3. The highest BCUT2D eigenvalue weighted by Crippen LogP contribution is 2.33. The van der Waals surface area contributed by atoms with Crippen LogP contribution in [-0.4, -0.2) is 41.6 Å². The molecule has 0 saturated carbocycles. The summed E-state index contributed by atoms with van der Waals surface area (Å²) in [4.78, 5) is 31.6. The van der Waals surface area contributed by atoms with E-state index in [0.717, 1.165) is 54.2 Å². The molecule has 0 spiro atoms. The standard InChI is InChI=1S/C30H35N5O3/c1-20(36)31-17-14-21-19-34-26-13-12-22(18-25(21)26)38-30(37)33-16-7-6-15-32-29-23-8-2-4-10-27(23)35-28-11-5-3-9-24(28)29/h2,4,8,10,12-13,18-19,34H,3,5-7,9,11,14-17H2,1H3,(H,31,36)(H,32,35)(H,33,37). The maximum Gasteiger partial charge on any atom is 0.412 e. The number of pyridine rings is 1. The number of nitrogens with one attached hydrogen (secondary N) is 4. The maximum absolute atomic E-state index is 12.4. The highest BCUT2D eigenvalue weighted by atomic mass is 16.6. The number of H-pyrrole nitrogens is 1. The number of rotatable bonds is 10. The number of aromatic amines is 1. The molecule has 4 N–H and O–H groups in total. The van der Waals surface area contributed by atoms with Gasteiger partial charge in [-0.3, -0.25) is 9.78 Å². The van der Waals surface area contributed by atoms with Crippen LogP contribution in [0.4, 0.5) is 10.5 Å². The third-order valence-electron chi connectivity index (χ3n) is 7.06. The second-order valence-corrected chi connectivity index (χ2v) is 9.84. The number of para-hydroxylation sites is 1. The molecule has 5 rings (SSSR count). The topological polar surface area (TPSA) is 108 Å². The number of nitrogens with zero attached hydrogens (tertiary/aromatic N) is 1. The molecule has 0 radical (unpaired) electrons. The number of carbonyl (C=O) groups excluding carboxylic acids is 2. The Balaban J connectivity index is 1.09. The summed E-state index contributed by atoms with van der Waals surface area (Å²) in [5.41, 5.74) is 6.92. The molecule has 0 saturated heterocycles. The molecule has 0 aliphatic heterocycles. The Morgan fingerprint density at radius 3 is 2.71 bits per heavy atom. The predicted octanol–water partition coefficient (Wildman–Crippen LogP) is 5.25. The first-order valence-electron chi connectivity index (χ1n) is 13.5. The molecule has 2 aromatic heterocycles. The zero-order valence-corrected chi connectivity index (χ0v) is 21.9. The summed E-state index contributed by atoms with van der Waals surface area (Å²) in [6.07, 6.45) is 8.49. The van der Waals surface area contributed by atoms with Crippen LogP contribution in [0, 0.1) is 0 Å². The van der Waals surface area contributed by atoms with Crippen molar-refractivity contribution in [3.8, 4) is 5.75 Å². The van der Waals surface area contributed by atoms with Crippen molar-refractivity contribution in [2.75, 3.05) is 25.0 Å². The van der Waals surface area contributed by atoms with Gasteiger partial charge in [-0.2, -0.15) is 0 Å². The van der Waals surface area contributed by atoms with Gasteiger partial charge < -0.3 is 25.7 Å². The zero-order valence-electron chi connectivity index (χ0n) is 21.9. The fourth-order valence-corrected chi connectivity index (χ4v) is 5.17. The van der Waals surface area contributed by atoms with E-state index in [9.17, 15) is 9.59 Å². The summed E-state index contributed by atoms with van der Waals surface area (Å²) < 4.78 is 5.52. The van der Waals surface area contributed by atoms with Gasteiger partial charge in [-0.15, -0.1) is 0 Å². The minimum atomic E-state index is -0.457. The SMILES string of the molecule is CC(=O)NCCc1c[nH]c2ccc(OC(=O)NCCCCNc3c4c(nc5ccccc35)CCCC4)cc12. The summed E-state index contributed by atoms with van der Waals surface area (Å²) >= 11 is 0. The number of aryl methyl sites for hydroxylation is 1. The van der Waals surface area contributed by atoms with Gasteiger partial charge >= 0.3 is 6.09 Å². The van der Waals surface area contributed by atoms with Gasteiger partial charge in [0.25, 0.3) is 0 Å². The van der Waals surface area contributed by atoms with Gasteiger partial charge in [0.15, 0.2) is 0 Å². The number of ether oxygens (including phenoxy) is 1. The minimum absolute atomic E-state index is 0.0499. The van der Waals surface area contributed by atoms with Crippen molar-refractivity contribution in [2.45, 2.75) is 51.9 Å². The second kappa shape index (κ2) is 12.0. The molecule has 0 atom stereocenters. The van der Waals surface area contributed by atoms with E-state index >= 15 is 0 Å². The number of carbonyl (C=O) groups is 2. The Morgan fingerprint density at radius 1 is 0.974 bits per heavy atom. The van der Waals surface area contributed by atoms with Crippen molar-refractivity contribution in [3.63, 3.8) is 0 Å². The summed E-state index contributed by atoms with van der Waals surface area (Å²) in [6, 6.07) is 13.9. The van der Waals surface area contributed by atoms with Gasteiger partial charge in [0, 0.05) is 60.4 Å². The average molecular weight is 514 g/mol. The van der Waals surface area contributed by atoms with Crippen molar-refractivity contribution in [2.24, 2.45) is 0 Å². The molecular weight excluding hydrogens is 478 g/mol. The van der Waals surface area contributed by atoms with E-state index in [1.807, 2.05) is 24.4 Å². The second-order valence-electron chi connectivity index (χ2n) is 9.84. The van der Waals surface area contributed by atoms with Crippen molar-refractivity contribution >= 4 is 39.5 Å². The van der Waals surface area contributed by atoms with Crippen LogP contribution in [0.1, 0.15) is 49.4 Å². The number of unbranched alkanes of at least 4 members (excludes halogenated alkanes) is 1. The average Bonchev–Trinajstić information content (AvgIpc) is 3.32. The van der Waals surface area contributed by atoms with Gasteiger partial charge in [-0.05, 0) is 80.3 Å². The molecule has 2 heterocycles. The van der Waals surface area contributed by atoms with Gasteiger partial charge in [-0.1, -0.05) is 18.2 Å². The Kier molecular flexibility index (Phi) is 8.06. The number of aromatic nitrogens is 2. The van der Waals surface area contributed by atoms with Crippen molar-refractivity contribution in [3.05, 3.63) is 65.5 Å². The number of hydrogen-bond acceptors (Lipinski definition) is 5. The van der Waals surface area contributed by atoms with E-state index in [1.54, 1.807) is 6.07 Å². The van der Waals surface area contributed by atoms with Gasteiger partial charge in [0.05, 0.1) is 5.52 Å². The minimum Gasteiger partial charge on any atom is -0.410 e. The largest absolute Gasteiger partial charge is 0.412 e. The van der Waals surface area contributed by atoms with E-state index in [2.05, 4.69) is 39.1 Å². The van der Waals surface area contributed by atoms with E-state index in [-0.39, 0.29) is 5.91 Å². The highest BCUT2D eigenvalue weighted by Gasteiger charge is 2.17. The van der Waals surface area contributed by atoms with Crippen LogP contribution in [-0.2, 0) is 24.1 Å². The normalized spacial score (nSPS) is 12.8. The summed E-state index contributed by atoms with van der Waals surface area (Å²) in [7, 11) is 0. The molecule has 2 amide bonds. The molecule has 4 aromatic rings. The first kappa shape index (κ1) is 25.6. The van der Waals surface area contributed by atoms with Crippen LogP contribution in [0.3, 0.4) is 0 Å². The number of fused-ring (bicyclic) bond motifs is 3. The van der Waals surface area contributed by atoms with Crippen LogP contribution in [0.2, 0.25) is 0 Å². The summed E-state index contributed by atoms with van der Waals surface area (Å²) in [5, 5.41) is 11.5. The number of amides is 2. The molecule has 38 heavy (non-hydrogen) atoms. The third-order valence-corrected chi connectivity index (χ3v) is 7.06. The summed E-state index contributed by atoms with van der Waals surface area (Å²) in [6.45, 7) is 3.45. The number of anilines is 1. The predicted molar refractivity (Wildman–Crippen MR) is 151 cm³/mol. The number of benzene rings is 2. The lowest BCUT2D eigenvalue weighted by Crippen LogP contribution is -2.28. The van der Waals surface area contributed by atoms with E-state index in [1.165, 1.54) is 42.1 Å². The lowest BCUT2D eigenvalue weighted by atomic mass is 9.92. The lowest BCUT2D eigenvalue weighted by Gasteiger charge is -2.21. The van der Waals surface area contributed by atoms with Crippen molar-refractivity contribution < 1.29 is 14.3 Å². The Labute approximate surface area is 222 Å². The molecule has 1 aliphatic rings. The van der Waals surface area contributed by atoms with Crippen LogP contribution < -0.4 is 20.7 Å². The molecule has 198 valence electrons. The van der Waals surface area contributed by atoms with Crippen LogP contribution in [0.25, 0.3) is 21.8 Å².